The Morgan fingerprint density at radius 1 is 1.21 bits per heavy atom. The van der Waals surface area contributed by atoms with E-state index < -0.39 is 17.4 Å². The molecule has 0 saturated carbocycles. The molecule has 0 aliphatic heterocycles. The first-order valence-electron chi connectivity index (χ1n) is 7.03. The van der Waals surface area contributed by atoms with Crippen LogP contribution in [0.3, 0.4) is 0 Å². The first kappa shape index (κ1) is 15.4. The van der Waals surface area contributed by atoms with Gasteiger partial charge in [0.1, 0.15) is 12.7 Å². The largest absolute Gasteiger partial charge is 0.480 e. The molecule has 0 bridgehead atoms. The fourth-order valence-corrected chi connectivity index (χ4v) is 2.31. The lowest BCUT2D eigenvalue weighted by atomic mass is 10.2. The number of nitrogens with zero attached hydrogens (tertiary/aromatic N) is 5. The number of hydrogen-bond acceptors (Lipinski definition) is 5. The SMILES string of the molecule is O=C(O)Cn1cc([N+](=O)[O-])c(-c2cnn(Cc3ccccc3)c2)n1. The molecule has 2 heterocycles. The van der Waals surface area contributed by atoms with Crippen LogP contribution in [0.15, 0.2) is 48.9 Å². The van der Waals surface area contributed by atoms with Gasteiger partial charge in [0.25, 0.3) is 0 Å². The van der Waals surface area contributed by atoms with Crippen LogP contribution < -0.4 is 0 Å². The molecule has 0 spiro atoms. The molecule has 2 aromatic heterocycles. The Kier molecular flexibility index (Phi) is 4.06. The number of aliphatic carboxylic acids is 1. The number of rotatable bonds is 6. The molecule has 9 heteroatoms. The summed E-state index contributed by atoms with van der Waals surface area (Å²) in [5, 5.41) is 28.2. The molecule has 0 unspecified atom stereocenters. The third kappa shape index (κ3) is 3.29. The van der Waals surface area contributed by atoms with Gasteiger partial charge in [0.15, 0.2) is 5.69 Å². The number of carbonyl (C=O) groups is 1. The molecule has 24 heavy (non-hydrogen) atoms. The number of benzene rings is 1. The minimum absolute atomic E-state index is 0.0977. The molecule has 0 saturated heterocycles. The predicted octanol–water partition coefficient (Wildman–Crippen LogP) is 1.79. The summed E-state index contributed by atoms with van der Waals surface area (Å²) < 4.78 is 2.68. The smallest absolute Gasteiger partial charge is 0.325 e. The fourth-order valence-electron chi connectivity index (χ4n) is 2.31. The van der Waals surface area contributed by atoms with E-state index in [1.165, 1.54) is 6.20 Å². The lowest BCUT2D eigenvalue weighted by Crippen LogP contribution is -2.08. The van der Waals surface area contributed by atoms with Crippen LogP contribution in [-0.4, -0.2) is 35.6 Å². The van der Waals surface area contributed by atoms with Crippen molar-refractivity contribution >= 4 is 11.7 Å². The van der Waals surface area contributed by atoms with Crippen LogP contribution in [0.1, 0.15) is 5.56 Å². The predicted molar refractivity (Wildman–Crippen MR) is 83.3 cm³/mol. The summed E-state index contributed by atoms with van der Waals surface area (Å²) in [6.45, 7) is 0.0729. The number of aromatic nitrogens is 4. The normalized spacial score (nSPS) is 10.7. The van der Waals surface area contributed by atoms with Gasteiger partial charge in [0.05, 0.1) is 17.7 Å². The first-order valence-corrected chi connectivity index (χ1v) is 7.03. The average molecular weight is 327 g/mol. The van der Waals surface area contributed by atoms with Crippen LogP contribution in [0.2, 0.25) is 0 Å². The zero-order chi connectivity index (χ0) is 17.1. The van der Waals surface area contributed by atoms with E-state index in [-0.39, 0.29) is 11.4 Å². The molecule has 0 aliphatic rings. The van der Waals surface area contributed by atoms with Crippen LogP contribution >= 0.6 is 0 Å². The molecule has 0 amide bonds. The van der Waals surface area contributed by atoms with Crippen molar-refractivity contribution in [2.24, 2.45) is 0 Å². The summed E-state index contributed by atoms with van der Waals surface area (Å²) in [7, 11) is 0. The zero-order valence-corrected chi connectivity index (χ0v) is 12.4. The first-order chi connectivity index (χ1) is 11.5. The van der Waals surface area contributed by atoms with Gasteiger partial charge in [-0.15, -0.1) is 0 Å². The quantitative estimate of drug-likeness (QED) is 0.545. The second kappa shape index (κ2) is 6.32. The number of carboxylic acids is 1. The summed E-state index contributed by atoms with van der Waals surface area (Å²) in [6.07, 6.45) is 4.23. The van der Waals surface area contributed by atoms with E-state index in [0.29, 0.717) is 12.1 Å². The van der Waals surface area contributed by atoms with Crippen molar-refractivity contribution in [1.82, 2.24) is 19.6 Å². The second-order valence-electron chi connectivity index (χ2n) is 5.12. The number of carboxylic acid groups (broad SMARTS) is 1. The monoisotopic (exact) mass is 327 g/mol. The highest BCUT2D eigenvalue weighted by atomic mass is 16.6. The van der Waals surface area contributed by atoms with E-state index in [1.54, 1.807) is 10.9 Å². The molecular formula is C15H13N5O4. The van der Waals surface area contributed by atoms with Crippen molar-refractivity contribution in [2.45, 2.75) is 13.1 Å². The summed E-state index contributed by atoms with van der Waals surface area (Å²) >= 11 is 0. The van der Waals surface area contributed by atoms with E-state index in [0.717, 1.165) is 16.4 Å². The van der Waals surface area contributed by atoms with E-state index in [4.69, 9.17) is 5.11 Å². The van der Waals surface area contributed by atoms with Gasteiger partial charge in [-0.1, -0.05) is 30.3 Å². The summed E-state index contributed by atoms with van der Waals surface area (Å²) in [6, 6.07) is 9.64. The molecule has 1 N–H and O–H groups in total. The van der Waals surface area contributed by atoms with Crippen molar-refractivity contribution in [2.75, 3.05) is 0 Å². The Balaban J connectivity index is 1.90. The maximum absolute atomic E-state index is 11.2. The molecule has 3 aromatic rings. The number of hydrogen-bond donors (Lipinski definition) is 1. The third-order valence-electron chi connectivity index (χ3n) is 3.33. The summed E-state index contributed by atoms with van der Waals surface area (Å²) in [4.78, 5) is 21.3. The minimum atomic E-state index is -1.13. The van der Waals surface area contributed by atoms with Gasteiger partial charge >= 0.3 is 11.7 Å². The second-order valence-corrected chi connectivity index (χ2v) is 5.12. The van der Waals surface area contributed by atoms with Crippen LogP contribution in [-0.2, 0) is 17.9 Å². The molecule has 0 atom stereocenters. The summed E-state index contributed by atoms with van der Waals surface area (Å²) in [5.41, 5.74) is 1.34. The molecule has 0 fully saturated rings. The van der Waals surface area contributed by atoms with Crippen molar-refractivity contribution in [3.63, 3.8) is 0 Å². The van der Waals surface area contributed by atoms with Gasteiger partial charge in [-0.3, -0.25) is 24.3 Å². The van der Waals surface area contributed by atoms with Gasteiger partial charge in [-0.2, -0.15) is 10.2 Å². The van der Waals surface area contributed by atoms with Crippen LogP contribution in [0, 0.1) is 10.1 Å². The third-order valence-corrected chi connectivity index (χ3v) is 3.33. The van der Waals surface area contributed by atoms with Gasteiger partial charge < -0.3 is 5.11 Å². The molecular weight excluding hydrogens is 314 g/mol. The van der Waals surface area contributed by atoms with E-state index in [9.17, 15) is 14.9 Å². The topological polar surface area (TPSA) is 116 Å². The van der Waals surface area contributed by atoms with E-state index >= 15 is 0 Å². The lowest BCUT2D eigenvalue weighted by Gasteiger charge is -2.00. The van der Waals surface area contributed by atoms with Gasteiger partial charge in [-0.25, -0.2) is 0 Å². The lowest BCUT2D eigenvalue weighted by molar-refractivity contribution is -0.384. The highest BCUT2D eigenvalue weighted by Crippen LogP contribution is 2.28. The Morgan fingerprint density at radius 2 is 1.96 bits per heavy atom. The molecule has 0 aliphatic carbocycles. The Bertz CT molecular complexity index is 884. The maximum atomic E-state index is 11.2. The van der Waals surface area contributed by atoms with Gasteiger partial charge in [-0.05, 0) is 5.56 Å². The van der Waals surface area contributed by atoms with Crippen molar-refractivity contribution < 1.29 is 14.8 Å². The molecule has 9 nitrogen and oxygen atoms in total. The Hall–Kier alpha value is -3.49. The summed E-state index contributed by atoms with van der Waals surface area (Å²) in [5.74, 6) is -1.13. The Labute approximate surface area is 135 Å². The highest BCUT2D eigenvalue weighted by molar-refractivity contribution is 5.69. The van der Waals surface area contributed by atoms with E-state index in [2.05, 4.69) is 10.2 Å². The number of nitro groups is 1. The molecule has 122 valence electrons. The van der Waals surface area contributed by atoms with Crippen LogP contribution in [0.5, 0.6) is 0 Å². The standard InChI is InChI=1S/C15H13N5O4/c21-14(22)10-19-9-13(20(23)24)15(17-19)12-6-16-18(8-12)7-11-4-2-1-3-5-11/h1-6,8-9H,7,10H2,(H,21,22). The van der Waals surface area contributed by atoms with Gasteiger partial charge in [0, 0.05) is 11.8 Å². The van der Waals surface area contributed by atoms with E-state index in [1.807, 2.05) is 30.3 Å². The Morgan fingerprint density at radius 3 is 2.62 bits per heavy atom. The molecule has 0 radical (unpaired) electrons. The van der Waals surface area contributed by atoms with Crippen LogP contribution in [0.25, 0.3) is 11.3 Å². The maximum Gasteiger partial charge on any atom is 0.325 e. The zero-order valence-electron chi connectivity index (χ0n) is 12.4. The van der Waals surface area contributed by atoms with Crippen molar-refractivity contribution in [3.05, 3.63) is 64.6 Å². The average Bonchev–Trinajstić information content (AvgIpc) is 3.14. The molecule has 1 aromatic carbocycles. The van der Waals surface area contributed by atoms with Crippen molar-refractivity contribution in [1.29, 1.82) is 0 Å². The van der Waals surface area contributed by atoms with Crippen molar-refractivity contribution in [3.8, 4) is 11.3 Å². The minimum Gasteiger partial charge on any atom is -0.480 e. The fraction of sp³-hybridized carbons (Fsp3) is 0.133. The molecule has 3 rings (SSSR count). The van der Waals surface area contributed by atoms with Crippen LogP contribution in [0.4, 0.5) is 5.69 Å². The van der Waals surface area contributed by atoms with Gasteiger partial charge in [0.2, 0.25) is 0 Å². The highest BCUT2D eigenvalue weighted by Gasteiger charge is 2.22.